The molecule has 0 saturated carbocycles. The maximum absolute atomic E-state index is 12.9. The van der Waals surface area contributed by atoms with Gasteiger partial charge >= 0.3 is 17.9 Å². The molecule has 0 bridgehead atoms. The molecule has 0 aromatic heterocycles. The summed E-state index contributed by atoms with van der Waals surface area (Å²) in [5.41, 5.74) is 0. The minimum atomic E-state index is -0.793. The SMILES string of the molecule is CCCCC/C=C\C/C=C\C/C=C\CCCCCCCCC(=O)OC[C@@H](COC(=O)CCCCCCC/C=C\CCCCC)OC(=O)CCCCCCCC/C=C\C/C=C\C/C=C\CCCCC. The molecule has 6 nitrogen and oxygen atoms in total. The Hall–Kier alpha value is -3.41. The van der Waals surface area contributed by atoms with E-state index in [0.717, 1.165) is 109 Å². The first kappa shape index (κ1) is 64.6. The molecule has 0 aliphatic heterocycles. The van der Waals surface area contributed by atoms with Gasteiger partial charge in [-0.25, -0.2) is 0 Å². The Bertz CT molecular complexity index is 1320. The zero-order valence-corrected chi connectivity index (χ0v) is 44.6. The van der Waals surface area contributed by atoms with Gasteiger partial charge in [-0.1, -0.05) is 215 Å². The Morgan fingerprint density at radius 3 is 0.838 bits per heavy atom. The molecule has 0 heterocycles. The Balaban J connectivity index is 4.42. The van der Waals surface area contributed by atoms with Crippen LogP contribution in [0.4, 0.5) is 0 Å². The third-order valence-electron chi connectivity index (χ3n) is 12.1. The second kappa shape index (κ2) is 56.2. The van der Waals surface area contributed by atoms with Crippen LogP contribution in [0.15, 0.2) is 85.1 Å². The van der Waals surface area contributed by atoms with Crippen molar-refractivity contribution in [3.8, 4) is 0 Å². The third kappa shape index (κ3) is 53.5. The molecule has 0 aromatic carbocycles. The number of carbonyl (C=O) groups is 3. The summed E-state index contributed by atoms with van der Waals surface area (Å²) in [6.45, 7) is 6.54. The van der Waals surface area contributed by atoms with Gasteiger partial charge in [0.25, 0.3) is 0 Å². The quantitative estimate of drug-likeness (QED) is 0.0262. The molecule has 6 heteroatoms. The van der Waals surface area contributed by atoms with Crippen molar-refractivity contribution >= 4 is 17.9 Å². The normalized spacial score (nSPS) is 12.7. The Labute approximate surface area is 420 Å². The number of hydrogen-bond donors (Lipinski definition) is 0. The van der Waals surface area contributed by atoms with Crippen LogP contribution < -0.4 is 0 Å². The van der Waals surface area contributed by atoms with Crippen molar-refractivity contribution in [2.45, 2.75) is 277 Å². The van der Waals surface area contributed by atoms with Crippen LogP contribution in [0.1, 0.15) is 271 Å². The van der Waals surface area contributed by atoms with Gasteiger partial charge in [0.1, 0.15) is 13.2 Å². The summed E-state index contributed by atoms with van der Waals surface area (Å²) in [5.74, 6) is -0.921. The van der Waals surface area contributed by atoms with Crippen LogP contribution >= 0.6 is 0 Å². The third-order valence-corrected chi connectivity index (χ3v) is 12.1. The van der Waals surface area contributed by atoms with Crippen LogP contribution in [0.5, 0.6) is 0 Å². The van der Waals surface area contributed by atoms with E-state index in [2.05, 4.69) is 106 Å². The van der Waals surface area contributed by atoms with E-state index >= 15 is 0 Å². The smallest absolute Gasteiger partial charge is 0.306 e. The van der Waals surface area contributed by atoms with E-state index in [1.165, 1.54) is 122 Å². The predicted octanol–water partition coefficient (Wildman–Crippen LogP) is 19.2. The van der Waals surface area contributed by atoms with Crippen LogP contribution in [0.3, 0.4) is 0 Å². The van der Waals surface area contributed by atoms with Crippen molar-refractivity contribution < 1.29 is 28.6 Å². The zero-order valence-electron chi connectivity index (χ0n) is 44.6. The van der Waals surface area contributed by atoms with Gasteiger partial charge in [0.05, 0.1) is 0 Å². The van der Waals surface area contributed by atoms with Crippen LogP contribution in [-0.4, -0.2) is 37.2 Å². The molecule has 390 valence electrons. The van der Waals surface area contributed by atoms with E-state index in [4.69, 9.17) is 14.2 Å². The molecule has 68 heavy (non-hydrogen) atoms. The zero-order chi connectivity index (χ0) is 49.3. The number of unbranched alkanes of at least 4 members (excludes halogenated alkanes) is 26. The van der Waals surface area contributed by atoms with Gasteiger partial charge in [-0.15, -0.1) is 0 Å². The van der Waals surface area contributed by atoms with Gasteiger partial charge in [-0.3, -0.25) is 14.4 Å². The molecule has 0 N–H and O–H groups in total. The van der Waals surface area contributed by atoms with Crippen LogP contribution in [-0.2, 0) is 28.6 Å². The van der Waals surface area contributed by atoms with Gasteiger partial charge in [0.2, 0.25) is 0 Å². The Kier molecular flexibility index (Phi) is 53.4. The number of hydrogen-bond acceptors (Lipinski definition) is 6. The summed E-state index contributed by atoms with van der Waals surface area (Å²) in [6.07, 6.45) is 72.8. The van der Waals surface area contributed by atoms with Crippen molar-refractivity contribution in [1.29, 1.82) is 0 Å². The first-order valence-corrected chi connectivity index (χ1v) is 28.6. The second-order valence-electron chi connectivity index (χ2n) is 18.8. The van der Waals surface area contributed by atoms with E-state index in [-0.39, 0.29) is 31.1 Å². The van der Waals surface area contributed by atoms with Crippen molar-refractivity contribution in [3.63, 3.8) is 0 Å². The molecule has 0 spiro atoms. The largest absolute Gasteiger partial charge is 0.462 e. The minimum Gasteiger partial charge on any atom is -0.462 e. The number of rotatable bonds is 51. The van der Waals surface area contributed by atoms with Crippen molar-refractivity contribution in [2.24, 2.45) is 0 Å². The van der Waals surface area contributed by atoms with E-state index in [1.54, 1.807) is 0 Å². The first-order chi connectivity index (χ1) is 33.5. The van der Waals surface area contributed by atoms with E-state index in [1.807, 2.05) is 0 Å². The lowest BCUT2D eigenvalue weighted by molar-refractivity contribution is -0.167. The predicted molar refractivity (Wildman–Crippen MR) is 293 cm³/mol. The molecular formula is C62H106O6. The van der Waals surface area contributed by atoms with Crippen LogP contribution in [0.2, 0.25) is 0 Å². The van der Waals surface area contributed by atoms with Crippen molar-refractivity contribution in [2.75, 3.05) is 13.2 Å². The molecule has 0 amide bonds. The highest BCUT2D eigenvalue weighted by Crippen LogP contribution is 2.14. The molecule has 0 aliphatic rings. The van der Waals surface area contributed by atoms with E-state index in [0.29, 0.717) is 19.3 Å². The van der Waals surface area contributed by atoms with Crippen molar-refractivity contribution in [3.05, 3.63) is 85.1 Å². The molecule has 0 aromatic rings. The number of esters is 3. The van der Waals surface area contributed by atoms with Gasteiger partial charge in [0, 0.05) is 19.3 Å². The monoisotopic (exact) mass is 947 g/mol. The van der Waals surface area contributed by atoms with E-state index < -0.39 is 6.10 Å². The fourth-order valence-electron chi connectivity index (χ4n) is 7.74. The summed E-state index contributed by atoms with van der Waals surface area (Å²) in [6, 6.07) is 0. The Morgan fingerprint density at radius 2 is 0.529 bits per heavy atom. The van der Waals surface area contributed by atoms with Crippen LogP contribution in [0.25, 0.3) is 0 Å². The summed E-state index contributed by atoms with van der Waals surface area (Å²) < 4.78 is 16.8. The molecule has 0 unspecified atom stereocenters. The lowest BCUT2D eigenvalue weighted by Gasteiger charge is -2.18. The highest BCUT2D eigenvalue weighted by molar-refractivity contribution is 5.71. The summed E-state index contributed by atoms with van der Waals surface area (Å²) >= 11 is 0. The topological polar surface area (TPSA) is 78.9 Å². The molecule has 0 radical (unpaired) electrons. The number of allylic oxidation sites excluding steroid dienone is 14. The maximum atomic E-state index is 12.9. The van der Waals surface area contributed by atoms with E-state index in [9.17, 15) is 14.4 Å². The lowest BCUT2D eigenvalue weighted by Crippen LogP contribution is -2.30. The first-order valence-electron chi connectivity index (χ1n) is 28.6. The Morgan fingerprint density at radius 1 is 0.294 bits per heavy atom. The highest BCUT2D eigenvalue weighted by Gasteiger charge is 2.19. The summed E-state index contributed by atoms with van der Waals surface area (Å²) in [5, 5.41) is 0. The van der Waals surface area contributed by atoms with Gasteiger partial charge in [-0.2, -0.15) is 0 Å². The number of ether oxygens (including phenoxy) is 3. The maximum Gasteiger partial charge on any atom is 0.306 e. The summed E-state index contributed by atoms with van der Waals surface area (Å²) in [4.78, 5) is 38.1. The average Bonchev–Trinajstić information content (AvgIpc) is 3.34. The second-order valence-corrected chi connectivity index (χ2v) is 18.8. The standard InChI is InChI=1S/C62H106O6/c1-4-7-10-13-16-19-22-25-27-29-31-33-35-37-40-43-46-49-52-55-61(64)67-58-59(57-66-60(63)54-51-48-45-42-39-24-21-18-15-12-9-6-3)68-62(65)56-53-50-47-44-41-38-36-34-32-30-28-26-23-20-17-14-11-8-5-2/h16-21,25-28,31-34,59H,4-15,22-24,29-30,35-58H2,1-3H3/b19-16-,20-17-,21-18-,27-25-,28-26-,33-31-,34-32-/t59-/m1/s1. The van der Waals surface area contributed by atoms with Gasteiger partial charge in [-0.05, 0) is 122 Å². The fraction of sp³-hybridized carbons (Fsp3) is 0.726. The lowest BCUT2D eigenvalue weighted by atomic mass is 10.1. The molecular weight excluding hydrogens is 841 g/mol. The molecule has 0 fully saturated rings. The average molecular weight is 948 g/mol. The number of carbonyl (C=O) groups excluding carboxylic acids is 3. The molecule has 0 aliphatic carbocycles. The molecule has 0 saturated heterocycles. The molecule has 0 rings (SSSR count). The minimum absolute atomic E-state index is 0.0908. The van der Waals surface area contributed by atoms with Gasteiger partial charge in [0.15, 0.2) is 6.10 Å². The van der Waals surface area contributed by atoms with Crippen molar-refractivity contribution in [1.82, 2.24) is 0 Å². The highest BCUT2D eigenvalue weighted by atomic mass is 16.6. The van der Waals surface area contributed by atoms with Gasteiger partial charge < -0.3 is 14.2 Å². The van der Waals surface area contributed by atoms with Crippen LogP contribution in [0, 0.1) is 0 Å². The fourth-order valence-corrected chi connectivity index (χ4v) is 7.74. The molecule has 1 atom stereocenters. The summed E-state index contributed by atoms with van der Waals surface area (Å²) in [7, 11) is 0.